The van der Waals surface area contributed by atoms with Gasteiger partial charge in [0, 0.05) is 18.6 Å². The summed E-state index contributed by atoms with van der Waals surface area (Å²) in [7, 11) is 0. The van der Waals surface area contributed by atoms with Gasteiger partial charge in [-0.05, 0) is 114 Å². The van der Waals surface area contributed by atoms with Crippen LogP contribution in [0.4, 0.5) is 0 Å². The molecule has 0 atom stereocenters. The van der Waals surface area contributed by atoms with E-state index in [1.54, 1.807) is 0 Å². The van der Waals surface area contributed by atoms with Crippen LogP contribution >= 0.6 is 0 Å². The van der Waals surface area contributed by atoms with Crippen LogP contribution in [0.2, 0.25) is 0 Å². The molecule has 0 aliphatic heterocycles. The van der Waals surface area contributed by atoms with E-state index in [4.69, 9.17) is 15.0 Å². The van der Waals surface area contributed by atoms with Crippen LogP contribution in [0, 0.1) is 18.2 Å². The van der Waals surface area contributed by atoms with Gasteiger partial charge in [0.25, 0.3) is 0 Å². The monoisotopic (exact) mass is 1180 g/mol. The van der Waals surface area contributed by atoms with Gasteiger partial charge in [0.05, 0.1) is 0 Å². The molecule has 0 amide bonds. The molecule has 3 nitrogen and oxygen atoms in total. The second kappa shape index (κ2) is 23.1. The SMILES string of the molecule is CC(C)(C)c1ccc(-c2[c-]cc(-c3ccccc3-c3cc(CCc4c[c-]c(-c5cc(C(C)(C)C)ccn5)cc4)cc(CCc4c[c-]c(-c5cc(C(C)(C)C)ccn5)cc4)c3)c(-c3ccc(-c4ccccc4)cc3)c2)nc1.[Ir+3]. The zero-order valence-corrected chi connectivity index (χ0v) is 48.5. The maximum Gasteiger partial charge on any atom is 3.00 e. The predicted molar refractivity (Wildman–Crippen MR) is 318 cm³/mol. The molecule has 7 aromatic carbocycles. The Morgan fingerprint density at radius 3 is 1.32 bits per heavy atom. The van der Waals surface area contributed by atoms with Crippen LogP contribution in [0.1, 0.15) is 101 Å². The molecule has 0 saturated carbocycles. The van der Waals surface area contributed by atoms with Gasteiger partial charge in [-0.3, -0.25) is 0 Å². The van der Waals surface area contributed by atoms with Crippen molar-refractivity contribution in [2.45, 2.75) is 104 Å². The van der Waals surface area contributed by atoms with Crippen LogP contribution in [0.25, 0.3) is 78.3 Å². The normalized spacial score (nSPS) is 11.8. The Morgan fingerprint density at radius 1 is 0.325 bits per heavy atom. The first kappa shape index (κ1) is 54.4. The molecule has 0 unspecified atom stereocenters. The van der Waals surface area contributed by atoms with Crippen molar-refractivity contribution in [3.63, 3.8) is 0 Å². The topological polar surface area (TPSA) is 38.7 Å². The summed E-state index contributed by atoms with van der Waals surface area (Å²) in [5.74, 6) is 0. The Hall–Kier alpha value is -7.36. The fourth-order valence-corrected chi connectivity index (χ4v) is 9.96. The van der Waals surface area contributed by atoms with Crippen LogP contribution in [-0.4, -0.2) is 15.0 Å². The predicted octanol–water partition coefficient (Wildman–Crippen LogP) is 18.4. The molecule has 0 bridgehead atoms. The summed E-state index contributed by atoms with van der Waals surface area (Å²) in [6, 6.07) is 77.2. The summed E-state index contributed by atoms with van der Waals surface area (Å²) < 4.78 is 0. The Balaban J connectivity index is 0.00000722. The Bertz CT molecular complexity index is 3470. The first-order valence-corrected chi connectivity index (χ1v) is 26.9. The van der Waals surface area contributed by atoms with Crippen LogP contribution in [-0.2, 0) is 62.0 Å². The molecule has 10 aromatic rings. The van der Waals surface area contributed by atoms with E-state index < -0.39 is 0 Å². The smallest absolute Gasteiger partial charge is 0.305 e. The van der Waals surface area contributed by atoms with Crippen molar-refractivity contribution in [1.82, 2.24) is 15.0 Å². The summed E-state index contributed by atoms with van der Waals surface area (Å²) in [5, 5.41) is 0. The first-order chi connectivity index (χ1) is 36.5. The molecular formula is C73H68IrN3. The minimum Gasteiger partial charge on any atom is -0.305 e. The third-order valence-corrected chi connectivity index (χ3v) is 14.7. The number of benzene rings is 7. The van der Waals surface area contributed by atoms with Crippen molar-refractivity contribution in [2.24, 2.45) is 0 Å². The van der Waals surface area contributed by atoms with E-state index in [2.05, 4.69) is 263 Å². The van der Waals surface area contributed by atoms with Crippen LogP contribution < -0.4 is 0 Å². The van der Waals surface area contributed by atoms with E-state index in [1.165, 1.54) is 61.2 Å². The van der Waals surface area contributed by atoms with Gasteiger partial charge in [-0.15, -0.1) is 94.5 Å². The molecule has 0 fully saturated rings. The molecule has 4 heteroatoms. The van der Waals surface area contributed by atoms with Crippen molar-refractivity contribution in [3.8, 4) is 78.3 Å². The van der Waals surface area contributed by atoms with Crippen molar-refractivity contribution in [1.29, 1.82) is 0 Å². The van der Waals surface area contributed by atoms with Crippen molar-refractivity contribution in [3.05, 3.63) is 258 Å². The number of hydrogen-bond acceptors (Lipinski definition) is 3. The minimum atomic E-state index is 0. The molecule has 3 aromatic heterocycles. The molecular weight excluding hydrogens is 1110 g/mol. The minimum absolute atomic E-state index is 0. The number of rotatable bonds is 13. The van der Waals surface area contributed by atoms with Gasteiger partial charge >= 0.3 is 20.1 Å². The molecule has 3 heterocycles. The summed E-state index contributed by atoms with van der Waals surface area (Å²) in [6.07, 6.45) is 9.41. The average Bonchev–Trinajstić information content (AvgIpc) is 3.44. The van der Waals surface area contributed by atoms with Gasteiger partial charge < -0.3 is 15.0 Å². The maximum atomic E-state index is 4.99. The molecule has 384 valence electrons. The summed E-state index contributed by atoms with van der Waals surface area (Å²) in [4.78, 5) is 14.4. The first-order valence-electron chi connectivity index (χ1n) is 26.9. The third-order valence-electron chi connectivity index (χ3n) is 14.7. The zero-order valence-electron chi connectivity index (χ0n) is 46.1. The molecule has 10 rings (SSSR count). The van der Waals surface area contributed by atoms with Gasteiger partial charge in [0.1, 0.15) is 0 Å². The second-order valence-electron chi connectivity index (χ2n) is 23.5. The van der Waals surface area contributed by atoms with E-state index in [0.29, 0.717) is 0 Å². The van der Waals surface area contributed by atoms with Gasteiger partial charge in [-0.1, -0.05) is 213 Å². The molecule has 0 saturated heterocycles. The zero-order chi connectivity index (χ0) is 53.0. The average molecular weight is 1180 g/mol. The molecule has 0 aliphatic rings. The number of aryl methyl sites for hydroxylation is 4. The Morgan fingerprint density at radius 2 is 0.818 bits per heavy atom. The summed E-state index contributed by atoms with van der Waals surface area (Å²) in [5.41, 5.74) is 24.1. The molecule has 0 N–H and O–H groups in total. The van der Waals surface area contributed by atoms with Gasteiger partial charge in [0.15, 0.2) is 0 Å². The van der Waals surface area contributed by atoms with Crippen molar-refractivity contribution in [2.75, 3.05) is 0 Å². The number of aromatic nitrogens is 3. The van der Waals surface area contributed by atoms with Crippen LogP contribution in [0.5, 0.6) is 0 Å². The van der Waals surface area contributed by atoms with Gasteiger partial charge in [0.2, 0.25) is 0 Å². The fraction of sp³-hybridized carbons (Fsp3) is 0.219. The van der Waals surface area contributed by atoms with E-state index in [9.17, 15) is 0 Å². The van der Waals surface area contributed by atoms with Crippen molar-refractivity contribution >= 4 is 0 Å². The summed E-state index contributed by atoms with van der Waals surface area (Å²) >= 11 is 0. The number of pyridine rings is 3. The van der Waals surface area contributed by atoms with E-state index in [1.807, 2.05) is 18.6 Å². The molecule has 77 heavy (non-hydrogen) atoms. The maximum absolute atomic E-state index is 4.99. The van der Waals surface area contributed by atoms with E-state index >= 15 is 0 Å². The molecule has 0 radical (unpaired) electrons. The van der Waals surface area contributed by atoms with Gasteiger partial charge in [-0.2, -0.15) is 0 Å². The third kappa shape index (κ3) is 13.1. The largest absolute Gasteiger partial charge is 3.00 e. The number of nitrogens with zero attached hydrogens (tertiary/aromatic N) is 3. The fourth-order valence-electron chi connectivity index (χ4n) is 9.96. The molecule has 0 aliphatic carbocycles. The van der Waals surface area contributed by atoms with E-state index in [-0.39, 0.29) is 36.4 Å². The second-order valence-corrected chi connectivity index (χ2v) is 23.5. The van der Waals surface area contributed by atoms with Crippen LogP contribution in [0.15, 0.2) is 201 Å². The van der Waals surface area contributed by atoms with E-state index in [0.717, 1.165) is 81.7 Å². The number of hydrogen-bond donors (Lipinski definition) is 0. The standard InChI is InChI=1S/C73H68N3.Ir/c1-71(2,3)61-39-41-74-69(47-61)57-27-23-50(24-28-57)19-21-52-43-53(22-20-51-25-29-58(30-26-51)70-48-62(40-42-75-70)72(4,5)6)45-60(44-52)64-17-13-14-18-65(64)66-37-35-59(68-38-36-63(49-76-68)73(7,8)9)46-67(66)56-33-31-55(32-34-56)54-15-11-10-12-16-54;/h10-18,23-27,29,31-34,36-49H,19-22H2,1-9H3;/q-3;+3. The van der Waals surface area contributed by atoms with Gasteiger partial charge in [-0.25, -0.2) is 0 Å². The molecule has 0 spiro atoms. The Kier molecular flexibility index (Phi) is 16.3. The van der Waals surface area contributed by atoms with Crippen LogP contribution in [0.3, 0.4) is 0 Å². The summed E-state index contributed by atoms with van der Waals surface area (Å²) in [6.45, 7) is 20.1. The quantitative estimate of drug-likeness (QED) is 0.108. The Labute approximate surface area is 472 Å². The van der Waals surface area contributed by atoms with Crippen molar-refractivity contribution < 1.29 is 20.1 Å².